The average molecular weight is 227 g/mol. The number of hydrogen-bond donors (Lipinski definition) is 0. The first-order chi connectivity index (χ1) is 7.87. The molecule has 2 rings (SSSR count). The van der Waals surface area contributed by atoms with E-state index in [1.807, 2.05) is 0 Å². The third kappa shape index (κ3) is 2.18. The van der Waals surface area contributed by atoms with E-state index in [1.54, 1.807) is 6.08 Å². The molecule has 0 nitrogen and oxygen atoms in total. The van der Waals surface area contributed by atoms with Crippen LogP contribution >= 0.6 is 0 Å². The van der Waals surface area contributed by atoms with Crippen LogP contribution in [0.2, 0.25) is 0 Å². The maximum atomic E-state index is 5.53. The molecular formula is C17H23. The molecule has 0 spiro atoms. The summed E-state index contributed by atoms with van der Waals surface area (Å²) in [5, 5.41) is 0. The van der Waals surface area contributed by atoms with Gasteiger partial charge in [0, 0.05) is 0 Å². The van der Waals surface area contributed by atoms with E-state index in [2.05, 4.69) is 45.9 Å². The van der Waals surface area contributed by atoms with Gasteiger partial charge in [-0.25, -0.2) is 0 Å². The molecule has 0 amide bonds. The third-order valence-corrected chi connectivity index (χ3v) is 4.27. The standard InChI is InChI=1S/C17H23/c1-6-7-13-8-9-14-15(12-13)17(4,5)11-10-16(14,2)3/h1,6,8-9,12H,7,10-11H2,2-5H3. The first-order valence-corrected chi connectivity index (χ1v) is 6.54. The van der Waals surface area contributed by atoms with Gasteiger partial charge in [-0.15, -0.1) is 0 Å². The lowest BCUT2D eigenvalue weighted by molar-refractivity contribution is 0.331. The van der Waals surface area contributed by atoms with Gasteiger partial charge in [0.15, 0.2) is 0 Å². The van der Waals surface area contributed by atoms with Crippen LogP contribution in [-0.4, -0.2) is 0 Å². The molecule has 0 bridgehead atoms. The molecule has 1 aromatic rings. The molecule has 1 radical (unpaired) electrons. The van der Waals surface area contributed by atoms with Gasteiger partial charge in [0.2, 0.25) is 0 Å². The summed E-state index contributed by atoms with van der Waals surface area (Å²) in [4.78, 5) is 0. The fraction of sp³-hybridized carbons (Fsp3) is 0.529. The number of allylic oxidation sites excluding steroid dienone is 1. The van der Waals surface area contributed by atoms with Gasteiger partial charge in [-0.3, -0.25) is 0 Å². The zero-order chi connectivity index (χ0) is 12.7. The minimum absolute atomic E-state index is 0.301. The molecule has 0 saturated carbocycles. The molecule has 0 heterocycles. The molecule has 1 aliphatic rings. The van der Waals surface area contributed by atoms with Gasteiger partial charge in [-0.1, -0.05) is 58.5 Å². The highest BCUT2D eigenvalue weighted by Gasteiger charge is 2.36. The van der Waals surface area contributed by atoms with Gasteiger partial charge in [-0.2, -0.15) is 0 Å². The minimum atomic E-state index is 0.301. The van der Waals surface area contributed by atoms with Crippen molar-refractivity contribution < 1.29 is 0 Å². The second-order valence-electron chi connectivity index (χ2n) is 6.59. The van der Waals surface area contributed by atoms with Crippen LogP contribution in [0, 0.1) is 6.58 Å². The number of fused-ring (bicyclic) bond motifs is 1. The normalized spacial score (nSPS) is 20.7. The van der Waals surface area contributed by atoms with Gasteiger partial charge in [0.05, 0.1) is 0 Å². The lowest BCUT2D eigenvalue weighted by atomic mass is 9.63. The lowest BCUT2D eigenvalue weighted by Gasteiger charge is -2.42. The number of benzene rings is 1. The molecule has 0 aliphatic heterocycles. The summed E-state index contributed by atoms with van der Waals surface area (Å²) >= 11 is 0. The largest absolute Gasteiger partial charge is 0.0801 e. The molecule has 17 heavy (non-hydrogen) atoms. The van der Waals surface area contributed by atoms with Crippen molar-refractivity contribution in [3.05, 3.63) is 47.5 Å². The van der Waals surface area contributed by atoms with Crippen LogP contribution in [0.1, 0.15) is 57.2 Å². The highest BCUT2D eigenvalue weighted by atomic mass is 14.4. The second-order valence-corrected chi connectivity index (χ2v) is 6.59. The van der Waals surface area contributed by atoms with Crippen LogP contribution in [0.15, 0.2) is 24.3 Å². The van der Waals surface area contributed by atoms with Crippen LogP contribution in [0.3, 0.4) is 0 Å². The maximum Gasteiger partial charge on any atom is -0.00942 e. The summed E-state index contributed by atoms with van der Waals surface area (Å²) < 4.78 is 0. The van der Waals surface area contributed by atoms with E-state index in [9.17, 15) is 0 Å². The van der Waals surface area contributed by atoms with E-state index in [-0.39, 0.29) is 0 Å². The molecule has 0 atom stereocenters. The Morgan fingerprint density at radius 1 is 1.06 bits per heavy atom. The summed E-state index contributed by atoms with van der Waals surface area (Å²) in [5.41, 5.74) is 4.99. The van der Waals surface area contributed by atoms with Crippen LogP contribution < -0.4 is 0 Å². The van der Waals surface area contributed by atoms with Crippen molar-refractivity contribution in [2.45, 2.75) is 57.8 Å². The monoisotopic (exact) mass is 227 g/mol. The van der Waals surface area contributed by atoms with Gasteiger partial charge in [-0.05, 0) is 46.8 Å². The SMILES string of the molecule is [CH]=CCc1ccc2c(c1)C(C)(C)CCC2(C)C. The molecule has 0 fully saturated rings. The Balaban J connectivity index is 2.55. The predicted molar refractivity (Wildman–Crippen MR) is 74.3 cm³/mol. The molecule has 0 N–H and O–H groups in total. The Morgan fingerprint density at radius 2 is 1.65 bits per heavy atom. The number of hydrogen-bond acceptors (Lipinski definition) is 0. The Morgan fingerprint density at radius 3 is 2.24 bits per heavy atom. The highest BCUT2D eigenvalue weighted by molar-refractivity contribution is 5.43. The van der Waals surface area contributed by atoms with Gasteiger partial charge in [0.1, 0.15) is 0 Å². The average Bonchev–Trinajstić information content (AvgIpc) is 2.26. The van der Waals surface area contributed by atoms with Gasteiger partial charge in [0.25, 0.3) is 0 Å². The number of rotatable bonds is 2. The molecular weight excluding hydrogens is 204 g/mol. The molecule has 0 aromatic heterocycles. The van der Waals surface area contributed by atoms with Crippen LogP contribution in [0.25, 0.3) is 0 Å². The summed E-state index contributed by atoms with van der Waals surface area (Å²) in [6, 6.07) is 6.90. The second kappa shape index (κ2) is 4.01. The Hall–Kier alpha value is -1.04. The van der Waals surface area contributed by atoms with Crippen molar-refractivity contribution >= 4 is 0 Å². The van der Waals surface area contributed by atoms with Crippen LogP contribution in [0.5, 0.6) is 0 Å². The maximum absolute atomic E-state index is 5.53. The first-order valence-electron chi connectivity index (χ1n) is 6.54. The first kappa shape index (κ1) is 12.4. The van der Waals surface area contributed by atoms with Crippen molar-refractivity contribution in [2.75, 3.05) is 0 Å². The summed E-state index contributed by atoms with van der Waals surface area (Å²) in [6.45, 7) is 15.0. The molecule has 0 unspecified atom stereocenters. The minimum Gasteiger partial charge on any atom is -0.0801 e. The molecule has 91 valence electrons. The van der Waals surface area contributed by atoms with E-state index < -0.39 is 0 Å². The summed E-state index contributed by atoms with van der Waals surface area (Å²) in [7, 11) is 0. The zero-order valence-electron chi connectivity index (χ0n) is 11.5. The van der Waals surface area contributed by atoms with E-state index in [0.717, 1.165) is 6.42 Å². The Bertz CT molecular complexity index is 435. The fourth-order valence-electron chi connectivity index (χ4n) is 2.90. The fourth-order valence-corrected chi connectivity index (χ4v) is 2.90. The summed E-state index contributed by atoms with van der Waals surface area (Å²) in [6.07, 6.45) is 5.14. The summed E-state index contributed by atoms with van der Waals surface area (Å²) in [5.74, 6) is 0. The Labute approximate surface area is 106 Å². The third-order valence-electron chi connectivity index (χ3n) is 4.27. The van der Waals surface area contributed by atoms with Crippen LogP contribution in [0.4, 0.5) is 0 Å². The van der Waals surface area contributed by atoms with Crippen molar-refractivity contribution in [3.63, 3.8) is 0 Å². The van der Waals surface area contributed by atoms with E-state index in [1.165, 1.54) is 29.5 Å². The van der Waals surface area contributed by atoms with Crippen LogP contribution in [-0.2, 0) is 17.3 Å². The molecule has 1 aromatic carbocycles. The molecule has 0 heteroatoms. The highest BCUT2D eigenvalue weighted by Crippen LogP contribution is 2.45. The lowest BCUT2D eigenvalue weighted by Crippen LogP contribution is -2.33. The van der Waals surface area contributed by atoms with E-state index in [4.69, 9.17) is 6.58 Å². The van der Waals surface area contributed by atoms with Gasteiger partial charge < -0.3 is 0 Å². The van der Waals surface area contributed by atoms with E-state index >= 15 is 0 Å². The Kier molecular flexibility index (Phi) is 2.93. The van der Waals surface area contributed by atoms with Crippen molar-refractivity contribution in [1.82, 2.24) is 0 Å². The van der Waals surface area contributed by atoms with Crippen molar-refractivity contribution in [3.8, 4) is 0 Å². The van der Waals surface area contributed by atoms with Gasteiger partial charge >= 0.3 is 0 Å². The van der Waals surface area contributed by atoms with E-state index in [0.29, 0.717) is 10.8 Å². The smallest absolute Gasteiger partial charge is 0.00942 e. The topological polar surface area (TPSA) is 0 Å². The van der Waals surface area contributed by atoms with Crippen molar-refractivity contribution in [2.24, 2.45) is 0 Å². The molecule has 1 aliphatic carbocycles. The van der Waals surface area contributed by atoms with Crippen molar-refractivity contribution in [1.29, 1.82) is 0 Å². The molecule has 0 saturated heterocycles. The predicted octanol–water partition coefficient (Wildman–Crippen LogP) is 4.57. The quantitative estimate of drug-likeness (QED) is 0.694. The zero-order valence-corrected chi connectivity index (χ0v) is 11.5.